The number of hydrogen-bond acceptors (Lipinski definition) is 5. The second kappa shape index (κ2) is 8.68. The van der Waals surface area contributed by atoms with Gasteiger partial charge in [0.2, 0.25) is 0 Å². The van der Waals surface area contributed by atoms with Gasteiger partial charge in [0.25, 0.3) is 5.56 Å². The highest BCUT2D eigenvalue weighted by atomic mass is 16.4. The molecule has 1 saturated heterocycles. The summed E-state index contributed by atoms with van der Waals surface area (Å²) < 4.78 is 1.65. The Bertz CT molecular complexity index is 829. The number of nitrogens with zero attached hydrogens (tertiary/aromatic N) is 4. The van der Waals surface area contributed by atoms with Crippen LogP contribution in [0, 0.1) is 0 Å². The molecule has 1 aromatic heterocycles. The fourth-order valence-corrected chi connectivity index (χ4v) is 3.17. The number of aliphatic hydroxyl groups excluding tert-OH is 1. The zero-order valence-corrected chi connectivity index (χ0v) is 15.1. The lowest BCUT2D eigenvalue weighted by atomic mass is 10.2. The third-order valence-corrected chi connectivity index (χ3v) is 4.64. The van der Waals surface area contributed by atoms with Crippen LogP contribution in [0.4, 0.5) is 10.6 Å². The number of hydrogen-bond donors (Lipinski definition) is 2. The van der Waals surface area contributed by atoms with E-state index >= 15 is 0 Å². The van der Waals surface area contributed by atoms with Crippen LogP contribution in [0.2, 0.25) is 0 Å². The van der Waals surface area contributed by atoms with Gasteiger partial charge in [0.15, 0.2) is 5.82 Å². The Hall–Kier alpha value is -2.87. The molecule has 1 aromatic carbocycles. The number of piperazine rings is 1. The molecule has 8 nitrogen and oxygen atoms in total. The van der Waals surface area contributed by atoms with Crippen molar-refractivity contribution in [2.24, 2.45) is 0 Å². The molecule has 0 saturated carbocycles. The van der Waals surface area contributed by atoms with Crippen LogP contribution >= 0.6 is 0 Å². The van der Waals surface area contributed by atoms with Crippen LogP contribution in [0.25, 0.3) is 0 Å². The molecule has 0 unspecified atom stereocenters. The summed E-state index contributed by atoms with van der Waals surface area (Å²) in [7, 11) is 0. The molecule has 8 heteroatoms. The van der Waals surface area contributed by atoms with Crippen molar-refractivity contribution in [3.8, 4) is 0 Å². The minimum absolute atomic E-state index is 0.0616. The van der Waals surface area contributed by atoms with Gasteiger partial charge in [0.1, 0.15) is 0 Å². The largest absolute Gasteiger partial charge is 0.465 e. The first-order chi connectivity index (χ1) is 13.1. The van der Waals surface area contributed by atoms with Gasteiger partial charge in [-0.25, -0.2) is 9.78 Å². The molecule has 2 aromatic rings. The molecule has 27 heavy (non-hydrogen) atoms. The summed E-state index contributed by atoms with van der Waals surface area (Å²) in [5, 5.41) is 18.2. The zero-order valence-electron chi connectivity index (χ0n) is 15.1. The van der Waals surface area contributed by atoms with Gasteiger partial charge < -0.3 is 24.6 Å². The second-order valence-corrected chi connectivity index (χ2v) is 6.56. The number of aliphatic hydroxyl groups is 1. The molecule has 1 aliphatic heterocycles. The third kappa shape index (κ3) is 4.65. The van der Waals surface area contributed by atoms with E-state index in [1.54, 1.807) is 10.8 Å². The molecule has 2 N–H and O–H groups in total. The molecule has 2 heterocycles. The van der Waals surface area contributed by atoms with Crippen molar-refractivity contribution in [2.45, 2.75) is 19.4 Å². The van der Waals surface area contributed by atoms with Crippen LogP contribution < -0.4 is 10.5 Å². The van der Waals surface area contributed by atoms with Gasteiger partial charge in [-0.1, -0.05) is 30.3 Å². The fraction of sp³-hybridized carbons (Fsp3) is 0.421. The Kier molecular flexibility index (Phi) is 6.08. The van der Waals surface area contributed by atoms with Gasteiger partial charge in [0.05, 0.1) is 12.2 Å². The Morgan fingerprint density at radius 1 is 1.11 bits per heavy atom. The molecule has 3 rings (SSSR count). The smallest absolute Gasteiger partial charge is 0.407 e. The molecule has 144 valence electrons. The van der Waals surface area contributed by atoms with Crippen molar-refractivity contribution in [3.63, 3.8) is 0 Å². The number of aryl methyl sites for hydroxylation is 1. The van der Waals surface area contributed by atoms with E-state index in [0.29, 0.717) is 51.4 Å². The van der Waals surface area contributed by atoms with Gasteiger partial charge in [0, 0.05) is 39.0 Å². The maximum atomic E-state index is 13.0. The van der Waals surface area contributed by atoms with Crippen molar-refractivity contribution in [1.29, 1.82) is 0 Å². The predicted molar refractivity (Wildman–Crippen MR) is 101 cm³/mol. The van der Waals surface area contributed by atoms with E-state index < -0.39 is 6.09 Å². The molecule has 0 aliphatic carbocycles. The Morgan fingerprint density at radius 3 is 2.44 bits per heavy atom. The highest BCUT2D eigenvalue weighted by Gasteiger charge is 2.24. The van der Waals surface area contributed by atoms with Crippen LogP contribution in [0.3, 0.4) is 0 Å². The van der Waals surface area contributed by atoms with Gasteiger partial charge in [-0.05, 0) is 18.4 Å². The maximum Gasteiger partial charge on any atom is 0.407 e. The number of carbonyl (C=O) groups is 1. The molecule has 1 amide bonds. The van der Waals surface area contributed by atoms with Crippen molar-refractivity contribution in [1.82, 2.24) is 14.5 Å². The minimum Gasteiger partial charge on any atom is -0.465 e. The first-order valence-corrected chi connectivity index (χ1v) is 9.06. The SMILES string of the molecule is O=C(O)N1CCN(c2nc(CCCO)cn(Cc3ccccc3)c2=O)CC1. The first kappa shape index (κ1) is 18.9. The lowest BCUT2D eigenvalue weighted by Crippen LogP contribution is -2.50. The fourth-order valence-electron chi connectivity index (χ4n) is 3.17. The van der Waals surface area contributed by atoms with Crippen molar-refractivity contribution in [2.75, 3.05) is 37.7 Å². The summed E-state index contributed by atoms with van der Waals surface area (Å²) in [5.41, 5.74) is 1.58. The second-order valence-electron chi connectivity index (χ2n) is 6.56. The molecule has 0 atom stereocenters. The average molecular weight is 372 g/mol. The topological polar surface area (TPSA) is 98.9 Å². The van der Waals surface area contributed by atoms with Gasteiger partial charge in [-0.3, -0.25) is 4.79 Å². The van der Waals surface area contributed by atoms with E-state index in [1.165, 1.54) is 4.90 Å². The Morgan fingerprint density at radius 2 is 1.81 bits per heavy atom. The zero-order chi connectivity index (χ0) is 19.2. The van der Waals surface area contributed by atoms with Crippen LogP contribution in [0.15, 0.2) is 41.3 Å². The number of amides is 1. The summed E-state index contributed by atoms with van der Waals surface area (Å²) >= 11 is 0. The molecular formula is C19H24N4O4. The molecule has 1 aliphatic rings. The van der Waals surface area contributed by atoms with Crippen LogP contribution in [-0.4, -0.2) is 63.5 Å². The summed E-state index contributed by atoms with van der Waals surface area (Å²) in [4.78, 5) is 31.8. The highest BCUT2D eigenvalue weighted by molar-refractivity contribution is 5.65. The normalized spacial score (nSPS) is 14.4. The number of rotatable bonds is 6. The minimum atomic E-state index is -0.944. The van der Waals surface area contributed by atoms with E-state index in [1.807, 2.05) is 35.2 Å². The quantitative estimate of drug-likeness (QED) is 0.785. The van der Waals surface area contributed by atoms with E-state index in [0.717, 1.165) is 11.3 Å². The van der Waals surface area contributed by atoms with Crippen molar-refractivity contribution in [3.05, 3.63) is 58.1 Å². The third-order valence-electron chi connectivity index (χ3n) is 4.64. The summed E-state index contributed by atoms with van der Waals surface area (Å²) in [6, 6.07) is 9.72. The number of benzene rings is 1. The Labute approximate surface area is 157 Å². The molecule has 0 radical (unpaired) electrons. The first-order valence-electron chi connectivity index (χ1n) is 9.06. The predicted octanol–water partition coefficient (Wildman–Crippen LogP) is 1.02. The van der Waals surface area contributed by atoms with Crippen LogP contribution in [0.5, 0.6) is 0 Å². The average Bonchev–Trinajstić information content (AvgIpc) is 2.69. The lowest BCUT2D eigenvalue weighted by Gasteiger charge is -2.33. The summed E-state index contributed by atoms with van der Waals surface area (Å²) in [5.74, 6) is 0.353. The van der Waals surface area contributed by atoms with E-state index in [-0.39, 0.29) is 12.2 Å². The van der Waals surface area contributed by atoms with Crippen molar-refractivity contribution < 1.29 is 15.0 Å². The number of anilines is 1. The van der Waals surface area contributed by atoms with E-state index in [2.05, 4.69) is 4.98 Å². The Balaban J connectivity index is 1.89. The highest BCUT2D eigenvalue weighted by Crippen LogP contribution is 2.12. The maximum absolute atomic E-state index is 13.0. The van der Waals surface area contributed by atoms with Gasteiger partial charge >= 0.3 is 6.09 Å². The van der Waals surface area contributed by atoms with Crippen LogP contribution in [-0.2, 0) is 13.0 Å². The van der Waals surface area contributed by atoms with Gasteiger partial charge in [-0.2, -0.15) is 0 Å². The van der Waals surface area contributed by atoms with E-state index in [4.69, 9.17) is 10.2 Å². The molecule has 0 spiro atoms. The van der Waals surface area contributed by atoms with Crippen LogP contribution in [0.1, 0.15) is 17.7 Å². The number of carboxylic acid groups (broad SMARTS) is 1. The molecular weight excluding hydrogens is 348 g/mol. The number of aromatic nitrogens is 2. The summed E-state index contributed by atoms with van der Waals surface area (Å²) in [6.07, 6.45) is 1.96. The molecule has 1 fully saturated rings. The monoisotopic (exact) mass is 372 g/mol. The lowest BCUT2D eigenvalue weighted by molar-refractivity contribution is 0.142. The van der Waals surface area contributed by atoms with Crippen molar-refractivity contribution >= 4 is 11.9 Å². The van der Waals surface area contributed by atoms with Gasteiger partial charge in [-0.15, -0.1) is 0 Å². The van der Waals surface area contributed by atoms with E-state index in [9.17, 15) is 9.59 Å². The summed E-state index contributed by atoms with van der Waals surface area (Å²) in [6.45, 7) is 2.06. The molecule has 0 bridgehead atoms. The standard InChI is InChI=1S/C19H24N4O4/c24-12-4-7-16-14-23(13-15-5-2-1-3-6-15)18(25)17(20-16)21-8-10-22(11-9-21)19(26)27/h1-3,5-6,14,24H,4,7-13H2,(H,26,27).